The van der Waals surface area contributed by atoms with E-state index >= 15 is 0 Å². The van der Waals surface area contributed by atoms with Gasteiger partial charge < -0.3 is 21.1 Å². The fourth-order valence-electron chi connectivity index (χ4n) is 2.37. The molecule has 4 N–H and O–H groups in total. The normalized spacial score (nSPS) is 16.2. The number of hydrogen-bond acceptors (Lipinski definition) is 4. The fourth-order valence-corrected chi connectivity index (χ4v) is 2.37. The van der Waals surface area contributed by atoms with E-state index in [-0.39, 0.29) is 5.56 Å². The average molecular weight is 263 g/mol. The van der Waals surface area contributed by atoms with Crippen molar-refractivity contribution in [1.29, 1.82) is 0 Å². The lowest BCUT2D eigenvalue weighted by Crippen LogP contribution is -2.33. The Morgan fingerprint density at radius 3 is 2.74 bits per heavy atom. The summed E-state index contributed by atoms with van der Waals surface area (Å²) >= 11 is 0. The van der Waals surface area contributed by atoms with Gasteiger partial charge in [-0.15, -0.1) is 0 Å². The van der Waals surface area contributed by atoms with Crippen LogP contribution in [-0.2, 0) is 0 Å². The van der Waals surface area contributed by atoms with Crippen molar-refractivity contribution in [3.8, 4) is 0 Å². The van der Waals surface area contributed by atoms with E-state index in [0.29, 0.717) is 11.4 Å². The monoisotopic (exact) mass is 263 g/mol. The SMILES string of the molecule is Nc1ccc(C(=O)O)cc1NCCN1CCCCC1. The number of aromatic carboxylic acids is 1. The summed E-state index contributed by atoms with van der Waals surface area (Å²) in [6.07, 6.45) is 3.88. The largest absolute Gasteiger partial charge is 0.478 e. The summed E-state index contributed by atoms with van der Waals surface area (Å²) in [6, 6.07) is 4.74. The number of nitrogen functional groups attached to an aromatic ring is 1. The second kappa shape index (κ2) is 6.43. The lowest BCUT2D eigenvalue weighted by molar-refractivity contribution is 0.0697. The number of carboxylic acid groups (broad SMARTS) is 1. The van der Waals surface area contributed by atoms with Gasteiger partial charge in [-0.05, 0) is 44.1 Å². The number of nitrogens with one attached hydrogen (secondary N) is 1. The van der Waals surface area contributed by atoms with Crippen LogP contribution in [0.5, 0.6) is 0 Å². The Morgan fingerprint density at radius 2 is 2.05 bits per heavy atom. The Labute approximate surface area is 113 Å². The lowest BCUT2D eigenvalue weighted by Gasteiger charge is -2.26. The molecule has 1 aromatic carbocycles. The maximum absolute atomic E-state index is 10.9. The maximum atomic E-state index is 10.9. The minimum absolute atomic E-state index is 0.259. The number of hydrogen-bond donors (Lipinski definition) is 3. The number of rotatable bonds is 5. The van der Waals surface area contributed by atoms with E-state index in [1.807, 2.05) is 0 Å². The molecule has 19 heavy (non-hydrogen) atoms. The van der Waals surface area contributed by atoms with Crippen LogP contribution in [0.1, 0.15) is 29.6 Å². The molecular formula is C14H21N3O2. The predicted molar refractivity (Wildman–Crippen MR) is 76.6 cm³/mol. The van der Waals surface area contributed by atoms with Crippen molar-refractivity contribution in [2.75, 3.05) is 37.2 Å². The Balaban J connectivity index is 1.87. The average Bonchev–Trinajstić information content (AvgIpc) is 2.42. The third kappa shape index (κ3) is 3.86. The summed E-state index contributed by atoms with van der Waals surface area (Å²) in [6.45, 7) is 4.07. The highest BCUT2D eigenvalue weighted by Gasteiger charge is 2.10. The Kier molecular flexibility index (Phi) is 4.63. The standard InChI is InChI=1S/C14H21N3O2/c15-12-5-4-11(14(18)19)10-13(12)16-6-9-17-7-2-1-3-8-17/h4-5,10,16H,1-3,6-9,15H2,(H,18,19). The molecule has 1 saturated heterocycles. The van der Waals surface area contributed by atoms with Crippen molar-refractivity contribution < 1.29 is 9.90 Å². The third-order valence-corrected chi connectivity index (χ3v) is 3.49. The number of carboxylic acids is 1. The number of anilines is 2. The van der Waals surface area contributed by atoms with Gasteiger partial charge in [-0.3, -0.25) is 0 Å². The van der Waals surface area contributed by atoms with Gasteiger partial charge in [0.15, 0.2) is 0 Å². The summed E-state index contributed by atoms with van der Waals surface area (Å²) in [7, 11) is 0. The van der Waals surface area contributed by atoms with Gasteiger partial charge in [0.25, 0.3) is 0 Å². The van der Waals surface area contributed by atoms with E-state index in [1.165, 1.54) is 25.3 Å². The summed E-state index contributed by atoms with van der Waals surface area (Å²) in [5, 5.41) is 12.2. The van der Waals surface area contributed by atoms with Crippen molar-refractivity contribution in [2.24, 2.45) is 0 Å². The number of piperidine rings is 1. The van der Waals surface area contributed by atoms with Crippen molar-refractivity contribution in [3.05, 3.63) is 23.8 Å². The fraction of sp³-hybridized carbons (Fsp3) is 0.500. The van der Waals surface area contributed by atoms with E-state index in [0.717, 1.165) is 26.2 Å². The van der Waals surface area contributed by atoms with Gasteiger partial charge in [0.05, 0.1) is 16.9 Å². The number of likely N-dealkylation sites (tertiary alicyclic amines) is 1. The molecule has 2 rings (SSSR count). The van der Waals surface area contributed by atoms with Crippen LogP contribution in [-0.4, -0.2) is 42.2 Å². The second-order valence-electron chi connectivity index (χ2n) is 4.94. The molecule has 1 fully saturated rings. The summed E-state index contributed by atoms with van der Waals surface area (Å²) in [4.78, 5) is 13.3. The quantitative estimate of drug-likeness (QED) is 0.707. The van der Waals surface area contributed by atoms with Gasteiger partial charge in [-0.25, -0.2) is 4.79 Å². The molecule has 104 valence electrons. The molecule has 0 amide bonds. The van der Waals surface area contributed by atoms with E-state index in [4.69, 9.17) is 10.8 Å². The molecule has 0 atom stereocenters. The van der Waals surface area contributed by atoms with Crippen molar-refractivity contribution in [1.82, 2.24) is 4.90 Å². The van der Waals surface area contributed by atoms with Crippen molar-refractivity contribution in [3.63, 3.8) is 0 Å². The molecule has 5 heteroatoms. The molecule has 5 nitrogen and oxygen atoms in total. The van der Waals surface area contributed by atoms with Crippen molar-refractivity contribution >= 4 is 17.3 Å². The molecule has 1 heterocycles. The summed E-state index contributed by atoms with van der Waals surface area (Å²) in [5.74, 6) is -0.931. The van der Waals surface area contributed by atoms with Crippen LogP contribution in [0.3, 0.4) is 0 Å². The first-order chi connectivity index (χ1) is 9.16. The van der Waals surface area contributed by atoms with Crippen LogP contribution in [0.4, 0.5) is 11.4 Å². The first kappa shape index (κ1) is 13.7. The number of carbonyl (C=O) groups is 1. The lowest BCUT2D eigenvalue weighted by atomic mass is 10.1. The topological polar surface area (TPSA) is 78.6 Å². The zero-order valence-electron chi connectivity index (χ0n) is 11.1. The van der Waals surface area contributed by atoms with Crippen LogP contribution in [0, 0.1) is 0 Å². The van der Waals surface area contributed by atoms with Crippen molar-refractivity contribution in [2.45, 2.75) is 19.3 Å². The van der Waals surface area contributed by atoms with Gasteiger partial charge in [-0.1, -0.05) is 6.42 Å². The van der Waals surface area contributed by atoms with Crippen LogP contribution >= 0.6 is 0 Å². The molecule has 0 radical (unpaired) electrons. The van der Waals surface area contributed by atoms with Gasteiger partial charge in [0.2, 0.25) is 0 Å². The maximum Gasteiger partial charge on any atom is 0.335 e. The van der Waals surface area contributed by atoms with E-state index in [1.54, 1.807) is 12.1 Å². The molecule has 0 saturated carbocycles. The van der Waals surface area contributed by atoms with Gasteiger partial charge >= 0.3 is 5.97 Å². The zero-order valence-corrected chi connectivity index (χ0v) is 11.1. The predicted octanol–water partition coefficient (Wildman–Crippen LogP) is 1.86. The molecule has 1 aliphatic heterocycles. The highest BCUT2D eigenvalue weighted by Crippen LogP contribution is 2.20. The summed E-state index contributed by atoms with van der Waals surface area (Å²) < 4.78 is 0. The highest BCUT2D eigenvalue weighted by atomic mass is 16.4. The molecule has 1 aliphatic rings. The smallest absolute Gasteiger partial charge is 0.335 e. The highest BCUT2D eigenvalue weighted by molar-refractivity contribution is 5.90. The zero-order chi connectivity index (χ0) is 13.7. The summed E-state index contributed by atoms with van der Waals surface area (Å²) in [5.41, 5.74) is 7.39. The Bertz CT molecular complexity index is 442. The van der Waals surface area contributed by atoms with Gasteiger partial charge in [0.1, 0.15) is 0 Å². The first-order valence-corrected chi connectivity index (χ1v) is 6.76. The van der Waals surface area contributed by atoms with Crippen LogP contribution in [0.2, 0.25) is 0 Å². The van der Waals surface area contributed by atoms with E-state index in [9.17, 15) is 4.79 Å². The van der Waals surface area contributed by atoms with Crippen LogP contribution < -0.4 is 11.1 Å². The number of nitrogens with two attached hydrogens (primary N) is 1. The van der Waals surface area contributed by atoms with Crippen LogP contribution in [0.15, 0.2) is 18.2 Å². The van der Waals surface area contributed by atoms with Gasteiger partial charge in [0, 0.05) is 13.1 Å². The molecule has 1 aromatic rings. The van der Waals surface area contributed by atoms with E-state index < -0.39 is 5.97 Å². The van der Waals surface area contributed by atoms with E-state index in [2.05, 4.69) is 10.2 Å². The Morgan fingerprint density at radius 1 is 1.32 bits per heavy atom. The molecule has 0 unspecified atom stereocenters. The minimum Gasteiger partial charge on any atom is -0.478 e. The van der Waals surface area contributed by atoms with Gasteiger partial charge in [-0.2, -0.15) is 0 Å². The minimum atomic E-state index is -0.931. The molecule has 0 aromatic heterocycles. The third-order valence-electron chi connectivity index (χ3n) is 3.49. The Hall–Kier alpha value is -1.75. The molecular weight excluding hydrogens is 242 g/mol. The number of nitrogens with zero attached hydrogens (tertiary/aromatic N) is 1. The molecule has 0 bridgehead atoms. The first-order valence-electron chi connectivity index (χ1n) is 6.76. The number of benzene rings is 1. The molecule has 0 aliphatic carbocycles. The van der Waals surface area contributed by atoms with Crippen LogP contribution in [0.25, 0.3) is 0 Å². The molecule has 0 spiro atoms. The second-order valence-corrected chi connectivity index (χ2v) is 4.94.